The van der Waals surface area contributed by atoms with Gasteiger partial charge in [0.1, 0.15) is 5.56 Å². The summed E-state index contributed by atoms with van der Waals surface area (Å²) in [6, 6.07) is 9.24. The van der Waals surface area contributed by atoms with Crippen molar-refractivity contribution in [1.29, 1.82) is 0 Å². The Balaban J connectivity index is 2.20. The van der Waals surface area contributed by atoms with Gasteiger partial charge in [0.25, 0.3) is 5.82 Å². The molecule has 0 aliphatic heterocycles. The molecule has 124 valence electrons. The average Bonchev–Trinajstić information content (AvgIpc) is 3.14. The largest absolute Gasteiger partial charge is 0.462 e. The van der Waals surface area contributed by atoms with E-state index in [2.05, 4.69) is 15.3 Å². The van der Waals surface area contributed by atoms with Crippen molar-refractivity contribution >= 4 is 17.6 Å². The van der Waals surface area contributed by atoms with Crippen LogP contribution in [0.1, 0.15) is 34.8 Å². The Morgan fingerprint density at radius 1 is 1.04 bits per heavy atom. The predicted octanol–water partition coefficient (Wildman–Crippen LogP) is 2.08. The van der Waals surface area contributed by atoms with Crippen LogP contribution in [0.15, 0.2) is 30.3 Å². The number of hydrogen-bond acceptors (Lipinski definition) is 6. The molecule has 0 spiro atoms. The van der Waals surface area contributed by atoms with E-state index in [-0.39, 0.29) is 30.2 Å². The second-order valence-electron chi connectivity index (χ2n) is 4.85. The van der Waals surface area contributed by atoms with Crippen LogP contribution in [0.25, 0.3) is 16.9 Å². The Bertz CT molecular complexity index is 882. The molecule has 0 amide bonds. The summed E-state index contributed by atoms with van der Waals surface area (Å²) in [5, 5.41) is 10.8. The summed E-state index contributed by atoms with van der Waals surface area (Å²) >= 11 is 0. The van der Waals surface area contributed by atoms with Gasteiger partial charge in [0.05, 0.1) is 18.9 Å². The van der Waals surface area contributed by atoms with Crippen molar-refractivity contribution in [3.8, 4) is 11.3 Å². The second kappa shape index (κ2) is 6.53. The van der Waals surface area contributed by atoms with Crippen LogP contribution in [0.5, 0.6) is 0 Å². The van der Waals surface area contributed by atoms with Gasteiger partial charge in [-0.05, 0) is 13.8 Å². The normalized spacial score (nSPS) is 10.8. The summed E-state index contributed by atoms with van der Waals surface area (Å²) in [6.07, 6.45) is 0. The molecule has 8 heteroatoms. The summed E-state index contributed by atoms with van der Waals surface area (Å²) in [5.41, 5.74) is 1.71. The fourth-order valence-electron chi connectivity index (χ4n) is 2.37. The highest BCUT2D eigenvalue weighted by molar-refractivity contribution is 6.03. The minimum absolute atomic E-state index is 0.0282. The number of carbonyl (C=O) groups excluding carboxylic acids is 2. The third kappa shape index (κ3) is 2.62. The van der Waals surface area contributed by atoms with Gasteiger partial charge in [-0.15, -0.1) is 10.2 Å². The molecular weight excluding hydrogens is 312 g/mol. The fourth-order valence-corrected chi connectivity index (χ4v) is 2.37. The predicted molar refractivity (Wildman–Crippen MR) is 84.7 cm³/mol. The average molecular weight is 328 g/mol. The molecule has 0 bridgehead atoms. The van der Waals surface area contributed by atoms with Gasteiger partial charge in [0.2, 0.25) is 0 Å². The minimum Gasteiger partial charge on any atom is -0.462 e. The highest BCUT2D eigenvalue weighted by atomic mass is 16.5. The molecule has 3 rings (SSSR count). The van der Waals surface area contributed by atoms with Gasteiger partial charge in [0, 0.05) is 5.56 Å². The van der Waals surface area contributed by atoms with Gasteiger partial charge in [-0.1, -0.05) is 30.3 Å². The van der Waals surface area contributed by atoms with Crippen molar-refractivity contribution in [2.75, 3.05) is 13.2 Å². The Hall–Kier alpha value is -3.16. The number of nitrogens with one attached hydrogen (secondary N) is 1. The number of benzene rings is 1. The molecule has 0 aliphatic carbocycles. The molecule has 2 aromatic heterocycles. The summed E-state index contributed by atoms with van der Waals surface area (Å²) < 4.78 is 11.4. The lowest BCUT2D eigenvalue weighted by Gasteiger charge is -2.03. The van der Waals surface area contributed by atoms with Crippen LogP contribution in [0.4, 0.5) is 0 Å². The number of aromatic amines is 1. The van der Waals surface area contributed by atoms with Crippen LogP contribution in [-0.4, -0.2) is 45.0 Å². The van der Waals surface area contributed by atoms with Crippen molar-refractivity contribution in [3.05, 3.63) is 41.7 Å². The second-order valence-corrected chi connectivity index (χ2v) is 4.85. The van der Waals surface area contributed by atoms with Crippen LogP contribution in [0.2, 0.25) is 0 Å². The molecule has 8 nitrogen and oxygen atoms in total. The van der Waals surface area contributed by atoms with Crippen LogP contribution in [-0.2, 0) is 9.47 Å². The number of H-pyrrole nitrogens is 1. The van der Waals surface area contributed by atoms with Gasteiger partial charge < -0.3 is 9.47 Å². The molecule has 0 fully saturated rings. The van der Waals surface area contributed by atoms with Crippen LogP contribution in [0.3, 0.4) is 0 Å². The van der Waals surface area contributed by atoms with E-state index < -0.39 is 11.9 Å². The Kier molecular flexibility index (Phi) is 4.28. The summed E-state index contributed by atoms with van der Waals surface area (Å²) in [5.74, 6) is -1.19. The molecule has 0 radical (unpaired) electrons. The van der Waals surface area contributed by atoms with E-state index in [9.17, 15) is 9.59 Å². The molecule has 0 unspecified atom stereocenters. The maximum Gasteiger partial charge on any atom is 0.378 e. The SMILES string of the molecule is CCOC(=O)c1c(-c2ccccc2)[nH]n2c(C(=O)OCC)nnc12. The number of nitrogens with zero attached hydrogens (tertiary/aromatic N) is 3. The zero-order chi connectivity index (χ0) is 17.1. The third-order valence-corrected chi connectivity index (χ3v) is 3.36. The van der Waals surface area contributed by atoms with Crippen LogP contribution in [0, 0.1) is 0 Å². The molecule has 0 aliphatic rings. The first-order chi connectivity index (χ1) is 11.7. The molecule has 1 aromatic carbocycles. The highest BCUT2D eigenvalue weighted by Crippen LogP contribution is 2.26. The standard InChI is InChI=1S/C16H16N4O4/c1-3-23-15(21)11-12(10-8-6-5-7-9-10)19-20-13(11)17-18-14(20)16(22)24-4-2/h5-9,19H,3-4H2,1-2H3. The molecule has 3 aromatic rings. The highest BCUT2D eigenvalue weighted by Gasteiger charge is 2.27. The summed E-state index contributed by atoms with van der Waals surface area (Å²) in [7, 11) is 0. The zero-order valence-electron chi connectivity index (χ0n) is 13.3. The lowest BCUT2D eigenvalue weighted by molar-refractivity contribution is 0.0504. The van der Waals surface area contributed by atoms with Gasteiger partial charge in [-0.3, -0.25) is 5.10 Å². The number of ether oxygens (including phenoxy) is 2. The Morgan fingerprint density at radius 2 is 1.71 bits per heavy atom. The van der Waals surface area contributed by atoms with Crippen molar-refractivity contribution in [1.82, 2.24) is 19.8 Å². The first-order valence-electron chi connectivity index (χ1n) is 7.54. The molecule has 24 heavy (non-hydrogen) atoms. The van der Waals surface area contributed by atoms with E-state index in [0.29, 0.717) is 5.69 Å². The summed E-state index contributed by atoms with van der Waals surface area (Å²) in [6.45, 7) is 3.86. The third-order valence-electron chi connectivity index (χ3n) is 3.36. The lowest BCUT2D eigenvalue weighted by atomic mass is 10.1. The van der Waals surface area contributed by atoms with E-state index in [1.807, 2.05) is 30.3 Å². The maximum atomic E-state index is 12.4. The van der Waals surface area contributed by atoms with Crippen molar-refractivity contribution in [2.24, 2.45) is 0 Å². The van der Waals surface area contributed by atoms with E-state index in [4.69, 9.17) is 9.47 Å². The first kappa shape index (κ1) is 15.7. The van der Waals surface area contributed by atoms with E-state index in [0.717, 1.165) is 5.56 Å². The molecule has 0 saturated heterocycles. The van der Waals surface area contributed by atoms with E-state index >= 15 is 0 Å². The smallest absolute Gasteiger partial charge is 0.378 e. The topological polar surface area (TPSA) is 98.6 Å². The van der Waals surface area contributed by atoms with Gasteiger partial charge >= 0.3 is 11.9 Å². The van der Waals surface area contributed by atoms with Gasteiger partial charge in [-0.25, -0.2) is 14.1 Å². The van der Waals surface area contributed by atoms with Crippen molar-refractivity contribution < 1.29 is 19.1 Å². The number of esters is 2. The number of carbonyl (C=O) groups is 2. The van der Waals surface area contributed by atoms with Crippen LogP contribution >= 0.6 is 0 Å². The van der Waals surface area contributed by atoms with Crippen LogP contribution < -0.4 is 0 Å². The number of rotatable bonds is 5. The molecule has 2 heterocycles. The first-order valence-corrected chi connectivity index (χ1v) is 7.54. The maximum absolute atomic E-state index is 12.4. The zero-order valence-corrected chi connectivity index (χ0v) is 13.3. The number of fused-ring (bicyclic) bond motifs is 1. The van der Waals surface area contributed by atoms with E-state index in [1.54, 1.807) is 13.8 Å². The molecular formula is C16H16N4O4. The molecule has 0 atom stereocenters. The minimum atomic E-state index is -0.624. The number of hydrogen-bond donors (Lipinski definition) is 1. The van der Waals surface area contributed by atoms with Crippen molar-refractivity contribution in [2.45, 2.75) is 13.8 Å². The quantitative estimate of drug-likeness (QED) is 0.720. The Labute approximate surface area is 137 Å². The monoisotopic (exact) mass is 328 g/mol. The summed E-state index contributed by atoms with van der Waals surface area (Å²) in [4.78, 5) is 24.4. The van der Waals surface area contributed by atoms with E-state index in [1.165, 1.54) is 4.52 Å². The van der Waals surface area contributed by atoms with Crippen molar-refractivity contribution in [3.63, 3.8) is 0 Å². The Morgan fingerprint density at radius 3 is 2.38 bits per heavy atom. The fraction of sp³-hybridized carbons (Fsp3) is 0.250. The van der Waals surface area contributed by atoms with Gasteiger partial charge in [0.15, 0.2) is 5.65 Å². The van der Waals surface area contributed by atoms with Gasteiger partial charge in [-0.2, -0.15) is 0 Å². The lowest BCUT2D eigenvalue weighted by Crippen LogP contribution is -2.10. The molecule has 0 saturated carbocycles. The number of aromatic nitrogens is 4. The molecule has 1 N–H and O–H groups in total.